The summed E-state index contributed by atoms with van der Waals surface area (Å²) in [4.78, 5) is 14.4. The Morgan fingerprint density at radius 3 is 3.07 bits per heavy atom. The third kappa shape index (κ3) is 0.891. The van der Waals surface area contributed by atoms with Crippen molar-refractivity contribution >= 4 is 5.78 Å². The summed E-state index contributed by atoms with van der Waals surface area (Å²) in [6, 6.07) is 0. The van der Waals surface area contributed by atoms with E-state index in [9.17, 15) is 4.79 Å². The first-order valence-electron chi connectivity index (χ1n) is 5.83. The van der Waals surface area contributed by atoms with Gasteiger partial charge in [0.2, 0.25) is 0 Å². The van der Waals surface area contributed by atoms with Crippen LogP contribution in [-0.2, 0) is 4.79 Å². The van der Waals surface area contributed by atoms with Gasteiger partial charge in [0.05, 0.1) is 0 Å². The molecule has 0 aromatic rings. The van der Waals surface area contributed by atoms with E-state index in [1.807, 2.05) is 12.3 Å². The van der Waals surface area contributed by atoms with Crippen molar-refractivity contribution < 1.29 is 4.79 Å². The molecular formula is C12H17NO. The predicted octanol–water partition coefficient (Wildman–Crippen LogP) is 2.11. The Kier molecular flexibility index (Phi) is 1.73. The number of hydrogen-bond donors (Lipinski definition) is 0. The molecule has 1 saturated carbocycles. The SMILES string of the molecule is O=C1C=CN2CCC[C@H]3CCCC[C@]132. The quantitative estimate of drug-likeness (QED) is 0.584. The van der Waals surface area contributed by atoms with Crippen LogP contribution in [0.4, 0.5) is 0 Å². The van der Waals surface area contributed by atoms with Gasteiger partial charge in [-0.25, -0.2) is 0 Å². The van der Waals surface area contributed by atoms with E-state index >= 15 is 0 Å². The molecule has 3 aliphatic rings. The zero-order chi connectivity index (χ0) is 9.60. The Hall–Kier alpha value is -0.790. The number of rotatable bonds is 0. The Morgan fingerprint density at radius 2 is 2.14 bits per heavy atom. The third-order valence-electron chi connectivity index (χ3n) is 4.33. The van der Waals surface area contributed by atoms with Crippen molar-refractivity contribution in [2.24, 2.45) is 5.92 Å². The van der Waals surface area contributed by atoms with Crippen LogP contribution in [-0.4, -0.2) is 22.8 Å². The van der Waals surface area contributed by atoms with Crippen molar-refractivity contribution in [3.05, 3.63) is 12.3 Å². The van der Waals surface area contributed by atoms with Crippen LogP contribution >= 0.6 is 0 Å². The van der Waals surface area contributed by atoms with Crippen LogP contribution in [0.1, 0.15) is 38.5 Å². The number of hydrogen-bond acceptors (Lipinski definition) is 2. The fourth-order valence-electron chi connectivity index (χ4n) is 3.67. The van der Waals surface area contributed by atoms with E-state index in [1.165, 1.54) is 32.1 Å². The standard InChI is InChI=1S/C12H17NO/c14-11-6-9-13-8-3-5-10-4-1-2-7-12(10,11)13/h6,9-10H,1-5,7-8H2/t10-,12-/m1/s1. The van der Waals surface area contributed by atoms with Crippen molar-refractivity contribution in [2.45, 2.75) is 44.1 Å². The fraction of sp³-hybridized carbons (Fsp3) is 0.750. The van der Waals surface area contributed by atoms with E-state index in [1.54, 1.807) is 0 Å². The molecule has 76 valence electrons. The fourth-order valence-corrected chi connectivity index (χ4v) is 3.67. The summed E-state index contributed by atoms with van der Waals surface area (Å²) in [6.45, 7) is 1.10. The normalized spacial score (nSPS) is 41.0. The largest absolute Gasteiger partial charge is 0.364 e. The summed E-state index contributed by atoms with van der Waals surface area (Å²) in [5.74, 6) is 1.04. The van der Waals surface area contributed by atoms with Crippen molar-refractivity contribution in [3.63, 3.8) is 0 Å². The van der Waals surface area contributed by atoms with Crippen LogP contribution in [0.15, 0.2) is 12.3 Å². The monoisotopic (exact) mass is 191 g/mol. The highest BCUT2D eigenvalue weighted by Gasteiger charge is 2.52. The minimum atomic E-state index is -0.0729. The van der Waals surface area contributed by atoms with E-state index in [0.29, 0.717) is 11.7 Å². The molecule has 14 heavy (non-hydrogen) atoms. The average molecular weight is 191 g/mol. The van der Waals surface area contributed by atoms with Gasteiger partial charge in [-0.15, -0.1) is 0 Å². The van der Waals surface area contributed by atoms with E-state index in [2.05, 4.69) is 4.90 Å². The topological polar surface area (TPSA) is 20.3 Å². The molecule has 2 atom stereocenters. The Morgan fingerprint density at radius 1 is 1.29 bits per heavy atom. The lowest BCUT2D eigenvalue weighted by Gasteiger charge is -2.50. The average Bonchev–Trinajstić information content (AvgIpc) is 2.55. The van der Waals surface area contributed by atoms with Crippen LogP contribution in [0.2, 0.25) is 0 Å². The van der Waals surface area contributed by atoms with Crippen LogP contribution in [0, 0.1) is 5.92 Å². The second-order valence-corrected chi connectivity index (χ2v) is 4.88. The molecule has 3 rings (SSSR count). The van der Waals surface area contributed by atoms with E-state index in [0.717, 1.165) is 13.0 Å². The summed E-state index contributed by atoms with van der Waals surface area (Å²) in [6.07, 6.45) is 11.3. The molecule has 0 N–H and O–H groups in total. The molecule has 1 saturated heterocycles. The third-order valence-corrected chi connectivity index (χ3v) is 4.33. The first-order valence-corrected chi connectivity index (χ1v) is 5.83. The van der Waals surface area contributed by atoms with Crippen molar-refractivity contribution in [2.75, 3.05) is 6.54 Å². The minimum Gasteiger partial charge on any atom is -0.364 e. The number of carbonyl (C=O) groups is 1. The first-order chi connectivity index (χ1) is 6.84. The van der Waals surface area contributed by atoms with Gasteiger partial charge in [-0.05, 0) is 37.7 Å². The van der Waals surface area contributed by atoms with Gasteiger partial charge in [-0.1, -0.05) is 12.8 Å². The van der Waals surface area contributed by atoms with Crippen molar-refractivity contribution in [3.8, 4) is 0 Å². The van der Waals surface area contributed by atoms with Gasteiger partial charge in [0.1, 0.15) is 5.54 Å². The van der Waals surface area contributed by atoms with Crippen LogP contribution in [0.25, 0.3) is 0 Å². The van der Waals surface area contributed by atoms with Crippen LogP contribution < -0.4 is 0 Å². The second-order valence-electron chi connectivity index (χ2n) is 4.88. The maximum atomic E-state index is 12.0. The van der Waals surface area contributed by atoms with Gasteiger partial charge < -0.3 is 4.90 Å². The predicted molar refractivity (Wildman–Crippen MR) is 54.8 cm³/mol. The molecule has 2 fully saturated rings. The zero-order valence-corrected chi connectivity index (χ0v) is 8.54. The highest BCUT2D eigenvalue weighted by Crippen LogP contribution is 2.47. The molecule has 0 aromatic carbocycles. The summed E-state index contributed by atoms with van der Waals surface area (Å²) in [5, 5.41) is 0. The Bertz CT molecular complexity index is 295. The molecule has 0 radical (unpaired) electrons. The summed E-state index contributed by atoms with van der Waals surface area (Å²) in [7, 11) is 0. The number of nitrogens with zero attached hydrogens (tertiary/aromatic N) is 1. The maximum Gasteiger partial charge on any atom is 0.182 e. The first kappa shape index (κ1) is 8.51. The van der Waals surface area contributed by atoms with Gasteiger partial charge in [0.25, 0.3) is 0 Å². The van der Waals surface area contributed by atoms with Crippen molar-refractivity contribution in [1.29, 1.82) is 0 Å². The molecule has 2 aliphatic heterocycles. The van der Waals surface area contributed by atoms with E-state index in [4.69, 9.17) is 0 Å². The lowest BCUT2D eigenvalue weighted by atomic mass is 9.67. The van der Waals surface area contributed by atoms with Gasteiger partial charge in [0, 0.05) is 12.7 Å². The maximum absolute atomic E-state index is 12.0. The highest BCUT2D eigenvalue weighted by molar-refractivity contribution is 6.00. The molecule has 0 aromatic heterocycles. The minimum absolute atomic E-state index is 0.0729. The molecule has 2 nitrogen and oxygen atoms in total. The summed E-state index contributed by atoms with van der Waals surface area (Å²) < 4.78 is 0. The molecule has 2 heterocycles. The van der Waals surface area contributed by atoms with Gasteiger partial charge in [0.15, 0.2) is 5.78 Å². The van der Waals surface area contributed by atoms with E-state index in [-0.39, 0.29) is 5.54 Å². The lowest BCUT2D eigenvalue weighted by Crippen LogP contribution is -2.58. The molecule has 1 aliphatic carbocycles. The van der Waals surface area contributed by atoms with E-state index < -0.39 is 0 Å². The van der Waals surface area contributed by atoms with Gasteiger partial charge >= 0.3 is 0 Å². The second kappa shape index (κ2) is 2.85. The Balaban J connectivity index is 2.00. The van der Waals surface area contributed by atoms with Crippen LogP contribution in [0.3, 0.4) is 0 Å². The Labute approximate surface area is 85.0 Å². The number of piperidine rings is 1. The van der Waals surface area contributed by atoms with Crippen molar-refractivity contribution in [1.82, 2.24) is 4.90 Å². The molecular weight excluding hydrogens is 174 g/mol. The van der Waals surface area contributed by atoms with Crippen LogP contribution in [0.5, 0.6) is 0 Å². The zero-order valence-electron chi connectivity index (χ0n) is 8.54. The molecule has 2 heteroatoms. The molecule has 0 amide bonds. The molecule has 0 unspecified atom stereocenters. The lowest BCUT2D eigenvalue weighted by molar-refractivity contribution is -0.130. The summed E-state index contributed by atoms with van der Waals surface area (Å²) >= 11 is 0. The molecule has 1 spiro atoms. The van der Waals surface area contributed by atoms with Gasteiger partial charge in [-0.3, -0.25) is 4.79 Å². The highest BCUT2D eigenvalue weighted by atomic mass is 16.1. The summed E-state index contributed by atoms with van der Waals surface area (Å²) in [5.41, 5.74) is -0.0729. The smallest absolute Gasteiger partial charge is 0.182 e. The van der Waals surface area contributed by atoms with Gasteiger partial charge in [-0.2, -0.15) is 0 Å². The number of carbonyl (C=O) groups excluding carboxylic acids is 1. The number of ketones is 1. The molecule has 0 bridgehead atoms.